The molecule has 2 N–H and O–H groups in total. The van der Waals surface area contributed by atoms with E-state index in [-0.39, 0.29) is 5.91 Å². The number of aryl methyl sites for hydroxylation is 1. The van der Waals surface area contributed by atoms with E-state index in [0.717, 1.165) is 27.0 Å². The molecule has 0 radical (unpaired) electrons. The number of carbonyl (C=O) groups is 1. The summed E-state index contributed by atoms with van der Waals surface area (Å²) >= 11 is 9.45. The summed E-state index contributed by atoms with van der Waals surface area (Å²) in [6.07, 6.45) is 0. The fraction of sp³-hybridized carbons (Fsp3) is 0.188. The summed E-state index contributed by atoms with van der Waals surface area (Å²) in [5.41, 5.74) is 3.95. The van der Waals surface area contributed by atoms with E-state index in [1.807, 2.05) is 43.3 Å². The van der Waals surface area contributed by atoms with Crippen LogP contribution in [0.3, 0.4) is 0 Å². The molecule has 0 aliphatic heterocycles. The summed E-state index contributed by atoms with van der Waals surface area (Å²) in [5.74, 6) is -0.0664. The van der Waals surface area contributed by atoms with E-state index in [0.29, 0.717) is 11.6 Å². The Morgan fingerprint density at radius 2 is 2.00 bits per heavy atom. The van der Waals surface area contributed by atoms with Crippen LogP contribution in [0.5, 0.6) is 0 Å². The van der Waals surface area contributed by atoms with Crippen molar-refractivity contribution in [3.8, 4) is 0 Å². The predicted molar refractivity (Wildman–Crippen MR) is 92.0 cm³/mol. The molecular formula is C16H16BrClN2O. The number of amides is 1. The zero-order valence-corrected chi connectivity index (χ0v) is 14.2. The van der Waals surface area contributed by atoms with Gasteiger partial charge in [0.25, 0.3) is 0 Å². The Bertz CT molecular complexity index is 673. The zero-order chi connectivity index (χ0) is 15.4. The number of hydrogen-bond donors (Lipinski definition) is 2. The maximum absolute atomic E-state index is 11.1. The first kappa shape index (κ1) is 15.9. The fourth-order valence-electron chi connectivity index (χ4n) is 1.96. The highest BCUT2D eigenvalue weighted by Crippen LogP contribution is 2.24. The smallest absolute Gasteiger partial charge is 0.221 e. The summed E-state index contributed by atoms with van der Waals surface area (Å²) in [7, 11) is 0. The third-order valence-corrected chi connectivity index (χ3v) is 4.25. The third-order valence-electron chi connectivity index (χ3n) is 3.02. The first-order chi connectivity index (χ1) is 9.95. The van der Waals surface area contributed by atoms with Crippen molar-refractivity contribution in [1.29, 1.82) is 0 Å². The number of halogens is 2. The van der Waals surface area contributed by atoms with Gasteiger partial charge in [-0.15, -0.1) is 0 Å². The van der Waals surface area contributed by atoms with Crippen LogP contribution < -0.4 is 10.6 Å². The predicted octanol–water partition coefficient (Wildman–Crippen LogP) is 4.98. The van der Waals surface area contributed by atoms with Crippen LogP contribution in [0.15, 0.2) is 40.9 Å². The van der Waals surface area contributed by atoms with Gasteiger partial charge in [0.15, 0.2) is 0 Å². The highest BCUT2D eigenvalue weighted by atomic mass is 79.9. The standard InChI is InChI=1S/C16H16BrClN2O/c1-10-7-13(4-6-16(10)20-11(2)21)19-9-12-3-5-14(17)15(18)8-12/h3-8,19H,9H2,1-2H3,(H,20,21). The Balaban J connectivity index is 2.04. The molecule has 5 heteroatoms. The molecular weight excluding hydrogens is 352 g/mol. The molecule has 0 aliphatic rings. The van der Waals surface area contributed by atoms with Crippen molar-refractivity contribution in [3.05, 3.63) is 57.0 Å². The van der Waals surface area contributed by atoms with Gasteiger partial charge in [0.1, 0.15) is 0 Å². The molecule has 0 aliphatic carbocycles. The van der Waals surface area contributed by atoms with Gasteiger partial charge in [0.05, 0.1) is 5.02 Å². The summed E-state index contributed by atoms with van der Waals surface area (Å²) in [4.78, 5) is 11.1. The SMILES string of the molecule is CC(=O)Nc1ccc(NCc2ccc(Br)c(Cl)c2)cc1C. The van der Waals surface area contributed by atoms with Gasteiger partial charge in [-0.25, -0.2) is 0 Å². The van der Waals surface area contributed by atoms with Crippen molar-refractivity contribution in [2.24, 2.45) is 0 Å². The maximum atomic E-state index is 11.1. The van der Waals surface area contributed by atoms with Crippen LogP contribution in [0.4, 0.5) is 11.4 Å². The highest BCUT2D eigenvalue weighted by molar-refractivity contribution is 9.10. The maximum Gasteiger partial charge on any atom is 0.221 e. The fourth-order valence-corrected chi connectivity index (χ4v) is 2.41. The Morgan fingerprint density at radius 1 is 1.24 bits per heavy atom. The van der Waals surface area contributed by atoms with E-state index in [9.17, 15) is 4.79 Å². The summed E-state index contributed by atoms with van der Waals surface area (Å²) in [6, 6.07) is 11.7. The highest BCUT2D eigenvalue weighted by Gasteiger charge is 2.03. The van der Waals surface area contributed by atoms with Gasteiger partial charge in [-0.05, 0) is 64.3 Å². The summed E-state index contributed by atoms with van der Waals surface area (Å²) < 4.78 is 0.892. The Labute approximate surface area is 137 Å². The lowest BCUT2D eigenvalue weighted by molar-refractivity contribution is -0.114. The molecule has 0 unspecified atom stereocenters. The molecule has 2 aromatic carbocycles. The summed E-state index contributed by atoms with van der Waals surface area (Å²) in [5, 5.41) is 6.84. The Morgan fingerprint density at radius 3 is 2.62 bits per heavy atom. The van der Waals surface area contributed by atoms with Crippen LogP contribution in [-0.4, -0.2) is 5.91 Å². The molecule has 2 aromatic rings. The van der Waals surface area contributed by atoms with Gasteiger partial charge in [-0.1, -0.05) is 17.7 Å². The first-order valence-corrected chi connectivity index (χ1v) is 7.69. The molecule has 0 fully saturated rings. The van der Waals surface area contributed by atoms with Crippen molar-refractivity contribution in [2.75, 3.05) is 10.6 Å². The molecule has 0 saturated heterocycles. The van der Waals surface area contributed by atoms with E-state index in [4.69, 9.17) is 11.6 Å². The van der Waals surface area contributed by atoms with Gasteiger partial charge in [-0.2, -0.15) is 0 Å². The molecule has 1 amide bonds. The molecule has 3 nitrogen and oxygen atoms in total. The number of anilines is 2. The molecule has 0 bridgehead atoms. The van der Waals surface area contributed by atoms with Gasteiger partial charge in [0.2, 0.25) is 5.91 Å². The summed E-state index contributed by atoms with van der Waals surface area (Å²) in [6.45, 7) is 4.15. The van der Waals surface area contributed by atoms with Gasteiger partial charge in [0, 0.05) is 29.3 Å². The number of rotatable bonds is 4. The number of nitrogens with one attached hydrogen (secondary N) is 2. The van der Waals surface area contributed by atoms with E-state index < -0.39 is 0 Å². The van der Waals surface area contributed by atoms with Crippen molar-refractivity contribution in [1.82, 2.24) is 0 Å². The third kappa shape index (κ3) is 4.48. The number of benzene rings is 2. The second-order valence-electron chi connectivity index (χ2n) is 4.81. The molecule has 0 atom stereocenters. The lowest BCUT2D eigenvalue weighted by atomic mass is 10.1. The minimum absolute atomic E-state index is 0.0664. The van der Waals surface area contributed by atoms with Gasteiger partial charge >= 0.3 is 0 Å². The van der Waals surface area contributed by atoms with E-state index >= 15 is 0 Å². The average Bonchev–Trinajstić information content (AvgIpc) is 2.42. The average molecular weight is 368 g/mol. The van der Waals surface area contributed by atoms with Crippen LogP contribution in [0.25, 0.3) is 0 Å². The Kier molecular flexibility index (Phi) is 5.26. The molecule has 0 saturated carbocycles. The van der Waals surface area contributed by atoms with Crippen LogP contribution >= 0.6 is 27.5 Å². The van der Waals surface area contributed by atoms with Gasteiger partial charge in [-0.3, -0.25) is 4.79 Å². The van der Waals surface area contributed by atoms with Crippen molar-refractivity contribution < 1.29 is 4.79 Å². The quantitative estimate of drug-likeness (QED) is 0.800. The largest absolute Gasteiger partial charge is 0.381 e. The van der Waals surface area contributed by atoms with Crippen molar-refractivity contribution in [2.45, 2.75) is 20.4 Å². The monoisotopic (exact) mass is 366 g/mol. The molecule has 0 spiro atoms. The molecule has 0 aromatic heterocycles. The molecule has 2 rings (SSSR count). The van der Waals surface area contributed by atoms with E-state index in [1.54, 1.807) is 0 Å². The number of carbonyl (C=O) groups excluding carboxylic acids is 1. The lowest BCUT2D eigenvalue weighted by Gasteiger charge is -2.11. The Hall–Kier alpha value is -1.52. The topological polar surface area (TPSA) is 41.1 Å². The number of hydrogen-bond acceptors (Lipinski definition) is 2. The molecule has 110 valence electrons. The second-order valence-corrected chi connectivity index (χ2v) is 6.07. The van der Waals surface area contributed by atoms with E-state index in [2.05, 4.69) is 26.6 Å². The lowest BCUT2D eigenvalue weighted by Crippen LogP contribution is -2.07. The molecule has 0 heterocycles. The molecule has 21 heavy (non-hydrogen) atoms. The zero-order valence-electron chi connectivity index (χ0n) is 11.8. The second kappa shape index (κ2) is 6.96. The normalized spacial score (nSPS) is 10.3. The van der Waals surface area contributed by atoms with Crippen LogP contribution in [-0.2, 0) is 11.3 Å². The van der Waals surface area contributed by atoms with Gasteiger partial charge < -0.3 is 10.6 Å². The minimum Gasteiger partial charge on any atom is -0.381 e. The van der Waals surface area contributed by atoms with Crippen molar-refractivity contribution >= 4 is 44.8 Å². The van der Waals surface area contributed by atoms with Crippen LogP contribution in [0.1, 0.15) is 18.1 Å². The van der Waals surface area contributed by atoms with E-state index in [1.165, 1.54) is 6.92 Å². The van der Waals surface area contributed by atoms with Crippen LogP contribution in [0, 0.1) is 6.92 Å². The first-order valence-electron chi connectivity index (χ1n) is 6.52. The van der Waals surface area contributed by atoms with Crippen LogP contribution in [0.2, 0.25) is 5.02 Å². The minimum atomic E-state index is -0.0664. The van der Waals surface area contributed by atoms with Crippen molar-refractivity contribution in [3.63, 3.8) is 0 Å².